The van der Waals surface area contributed by atoms with Crippen LogP contribution in [0.5, 0.6) is 0 Å². The zero-order valence-corrected chi connectivity index (χ0v) is 11.4. The van der Waals surface area contributed by atoms with Gasteiger partial charge in [-0.05, 0) is 6.07 Å². The number of rotatable bonds is 8. The van der Waals surface area contributed by atoms with Crippen LogP contribution in [-0.4, -0.2) is 67.7 Å². The molecule has 0 aliphatic rings. The molecule has 1 rings (SSSR count). The SMILES string of the molecule is O=[N+]([O-])c1ccccc1NN=C[C@H](O)[C@@H](O)[C@H](O)[C@H](O)CO. The van der Waals surface area contributed by atoms with E-state index in [2.05, 4.69) is 10.5 Å². The molecule has 1 aromatic rings. The first kappa shape index (κ1) is 17.9. The third kappa shape index (κ3) is 4.72. The lowest BCUT2D eigenvalue weighted by Crippen LogP contribution is -2.46. The third-order valence-electron chi connectivity index (χ3n) is 2.79. The standard InChI is InChI=1S/C12H17N3O7/c16-6-10(18)12(20)11(19)9(17)5-13-14-7-3-1-2-4-8(7)15(21)22/h1-5,9-12,14,16-20H,6H2/t9-,10+,11+,12+/m0/s1. The van der Waals surface area contributed by atoms with Gasteiger partial charge in [0.25, 0.3) is 5.69 Å². The van der Waals surface area contributed by atoms with Crippen LogP contribution in [0.3, 0.4) is 0 Å². The van der Waals surface area contributed by atoms with Gasteiger partial charge in [-0.2, -0.15) is 5.10 Å². The van der Waals surface area contributed by atoms with Gasteiger partial charge in [0.05, 0.1) is 17.7 Å². The van der Waals surface area contributed by atoms with Gasteiger partial charge in [0.2, 0.25) is 0 Å². The number of nitro benzene ring substituents is 1. The normalized spacial score (nSPS) is 17.0. The maximum Gasteiger partial charge on any atom is 0.294 e. The lowest BCUT2D eigenvalue weighted by Gasteiger charge is -2.23. The van der Waals surface area contributed by atoms with Crippen molar-refractivity contribution >= 4 is 17.6 Å². The molecule has 0 heterocycles. The minimum Gasteiger partial charge on any atom is -0.394 e. The number of benzene rings is 1. The highest BCUT2D eigenvalue weighted by Crippen LogP contribution is 2.22. The summed E-state index contributed by atoms with van der Waals surface area (Å²) in [5, 5.41) is 60.6. The van der Waals surface area contributed by atoms with Gasteiger partial charge in [-0.3, -0.25) is 15.5 Å². The summed E-state index contributed by atoms with van der Waals surface area (Å²) in [7, 11) is 0. The van der Waals surface area contributed by atoms with E-state index in [9.17, 15) is 25.4 Å². The van der Waals surface area contributed by atoms with Gasteiger partial charge in [-0.25, -0.2) is 0 Å². The fourth-order valence-electron chi connectivity index (χ4n) is 1.54. The van der Waals surface area contributed by atoms with Gasteiger partial charge in [-0.15, -0.1) is 0 Å². The van der Waals surface area contributed by atoms with Crippen LogP contribution in [0.25, 0.3) is 0 Å². The Bertz CT molecular complexity index is 525. The van der Waals surface area contributed by atoms with E-state index in [1.807, 2.05) is 0 Å². The monoisotopic (exact) mass is 315 g/mol. The molecule has 0 aliphatic carbocycles. The van der Waals surface area contributed by atoms with Crippen molar-refractivity contribution < 1.29 is 30.5 Å². The Hall–Kier alpha value is -2.11. The topological polar surface area (TPSA) is 169 Å². The maximum atomic E-state index is 10.8. The van der Waals surface area contributed by atoms with Gasteiger partial charge in [0.15, 0.2) is 0 Å². The highest BCUT2D eigenvalue weighted by Gasteiger charge is 2.29. The van der Waals surface area contributed by atoms with Crippen molar-refractivity contribution in [1.29, 1.82) is 0 Å². The van der Waals surface area contributed by atoms with Crippen LogP contribution in [0.15, 0.2) is 29.4 Å². The number of para-hydroxylation sites is 2. The number of nitrogens with zero attached hydrogens (tertiary/aromatic N) is 2. The van der Waals surface area contributed by atoms with E-state index in [-0.39, 0.29) is 11.4 Å². The number of nitro groups is 1. The molecular weight excluding hydrogens is 298 g/mol. The lowest BCUT2D eigenvalue weighted by molar-refractivity contribution is -0.384. The van der Waals surface area contributed by atoms with E-state index < -0.39 is 35.9 Å². The molecule has 22 heavy (non-hydrogen) atoms. The summed E-state index contributed by atoms with van der Waals surface area (Å²) < 4.78 is 0. The number of aliphatic hydroxyl groups is 5. The predicted molar refractivity (Wildman–Crippen MR) is 76.3 cm³/mol. The molecule has 0 saturated heterocycles. The molecule has 1 aromatic carbocycles. The molecule has 4 atom stereocenters. The Balaban J connectivity index is 2.68. The van der Waals surface area contributed by atoms with Gasteiger partial charge in [-0.1, -0.05) is 12.1 Å². The maximum absolute atomic E-state index is 10.8. The van der Waals surface area contributed by atoms with Gasteiger partial charge < -0.3 is 25.5 Å². The molecule has 0 fully saturated rings. The Labute approximate surface area is 125 Å². The number of anilines is 1. The molecule has 0 saturated carbocycles. The second-order valence-corrected chi connectivity index (χ2v) is 4.39. The fourth-order valence-corrected chi connectivity index (χ4v) is 1.54. The number of hydrogen-bond donors (Lipinski definition) is 6. The largest absolute Gasteiger partial charge is 0.394 e. The molecule has 10 nitrogen and oxygen atoms in total. The van der Waals surface area contributed by atoms with Crippen LogP contribution < -0.4 is 5.43 Å². The molecule has 0 aromatic heterocycles. The molecule has 0 bridgehead atoms. The summed E-state index contributed by atoms with van der Waals surface area (Å²) in [5.41, 5.74) is 2.17. The van der Waals surface area contributed by atoms with Crippen molar-refractivity contribution in [3.63, 3.8) is 0 Å². The van der Waals surface area contributed by atoms with Crippen molar-refractivity contribution in [2.45, 2.75) is 24.4 Å². The average Bonchev–Trinajstić information content (AvgIpc) is 2.52. The minimum atomic E-state index is -1.79. The first-order chi connectivity index (χ1) is 10.4. The van der Waals surface area contributed by atoms with Crippen LogP contribution in [0, 0.1) is 10.1 Å². The van der Waals surface area contributed by atoms with E-state index in [0.29, 0.717) is 0 Å². The second-order valence-electron chi connectivity index (χ2n) is 4.39. The van der Waals surface area contributed by atoms with Crippen molar-refractivity contribution in [1.82, 2.24) is 0 Å². The zero-order chi connectivity index (χ0) is 16.7. The molecule has 10 heteroatoms. The summed E-state index contributed by atoms with van der Waals surface area (Å²) in [6.45, 7) is -0.795. The number of nitrogens with one attached hydrogen (secondary N) is 1. The van der Waals surface area contributed by atoms with Crippen molar-refractivity contribution in [2.24, 2.45) is 5.10 Å². The summed E-state index contributed by atoms with van der Waals surface area (Å²) in [5.74, 6) is 0. The predicted octanol–water partition coefficient (Wildman–Crippen LogP) is -1.57. The Kier molecular flexibility index (Phi) is 6.82. The van der Waals surface area contributed by atoms with Crippen LogP contribution in [-0.2, 0) is 0 Å². The van der Waals surface area contributed by atoms with Gasteiger partial charge in [0, 0.05) is 6.07 Å². The van der Waals surface area contributed by atoms with E-state index in [1.54, 1.807) is 0 Å². The van der Waals surface area contributed by atoms with Gasteiger partial charge in [0.1, 0.15) is 30.1 Å². The highest BCUT2D eigenvalue weighted by atomic mass is 16.6. The number of aliphatic hydroxyl groups excluding tert-OH is 5. The zero-order valence-electron chi connectivity index (χ0n) is 11.4. The average molecular weight is 315 g/mol. The summed E-state index contributed by atoms with van der Waals surface area (Å²) in [4.78, 5) is 10.1. The molecule has 0 spiro atoms. The smallest absolute Gasteiger partial charge is 0.294 e. The molecule has 0 unspecified atom stereocenters. The molecule has 0 amide bonds. The first-order valence-electron chi connectivity index (χ1n) is 6.24. The highest BCUT2D eigenvalue weighted by molar-refractivity contribution is 5.67. The quantitative estimate of drug-likeness (QED) is 0.190. The molecular formula is C12H17N3O7. The number of hydrogen-bond acceptors (Lipinski definition) is 9. The van der Waals surface area contributed by atoms with Gasteiger partial charge >= 0.3 is 0 Å². The first-order valence-corrected chi connectivity index (χ1v) is 6.24. The van der Waals surface area contributed by atoms with Crippen molar-refractivity contribution in [2.75, 3.05) is 12.0 Å². The van der Waals surface area contributed by atoms with Crippen LogP contribution in [0.1, 0.15) is 0 Å². The second kappa shape index (κ2) is 8.36. The van der Waals surface area contributed by atoms with E-state index in [0.717, 1.165) is 6.21 Å². The fraction of sp³-hybridized carbons (Fsp3) is 0.417. The minimum absolute atomic E-state index is 0.0707. The van der Waals surface area contributed by atoms with Crippen molar-refractivity contribution in [3.05, 3.63) is 34.4 Å². The van der Waals surface area contributed by atoms with E-state index in [4.69, 9.17) is 10.2 Å². The Morgan fingerprint density at radius 1 is 1.23 bits per heavy atom. The van der Waals surface area contributed by atoms with Crippen LogP contribution >= 0.6 is 0 Å². The van der Waals surface area contributed by atoms with E-state index >= 15 is 0 Å². The number of hydrazone groups is 1. The lowest BCUT2D eigenvalue weighted by atomic mass is 10.0. The van der Waals surface area contributed by atoms with Crippen LogP contribution in [0.4, 0.5) is 11.4 Å². The van der Waals surface area contributed by atoms with Crippen molar-refractivity contribution in [3.8, 4) is 0 Å². The molecule has 122 valence electrons. The molecule has 0 radical (unpaired) electrons. The summed E-state index contributed by atoms with van der Waals surface area (Å²) >= 11 is 0. The Morgan fingerprint density at radius 2 is 1.86 bits per heavy atom. The molecule has 6 N–H and O–H groups in total. The third-order valence-corrected chi connectivity index (χ3v) is 2.79. The molecule has 0 aliphatic heterocycles. The summed E-state index contributed by atoms with van der Waals surface area (Å²) in [6, 6.07) is 5.66. The Morgan fingerprint density at radius 3 is 2.45 bits per heavy atom. The summed E-state index contributed by atoms with van der Waals surface area (Å²) in [6.07, 6.45) is -6.06. The van der Waals surface area contributed by atoms with E-state index in [1.165, 1.54) is 24.3 Å². The van der Waals surface area contributed by atoms with Crippen LogP contribution in [0.2, 0.25) is 0 Å².